The van der Waals surface area contributed by atoms with Crippen molar-refractivity contribution in [3.05, 3.63) is 0 Å². The second kappa shape index (κ2) is 8.95. The molecule has 5 heteroatoms. The molecule has 2 saturated heterocycles. The molecule has 2 aliphatic rings. The molecule has 2 atom stereocenters. The van der Waals surface area contributed by atoms with E-state index in [0.717, 1.165) is 32.5 Å². The molecule has 2 aliphatic heterocycles. The standard InChI is InChI=1S/C15H32N4O/c1-18-8-10-19(11-9-18)7-4-12-20-15(16)13-14-5-2-3-6-17-14/h14-15,17H,2-13,16H2,1H3. The first-order valence-corrected chi connectivity index (χ1v) is 8.25. The van der Waals surface area contributed by atoms with Crippen molar-refractivity contribution in [2.75, 3.05) is 52.9 Å². The number of piperidine rings is 1. The highest BCUT2D eigenvalue weighted by Gasteiger charge is 2.17. The van der Waals surface area contributed by atoms with E-state index in [2.05, 4.69) is 22.2 Å². The van der Waals surface area contributed by atoms with Crippen molar-refractivity contribution >= 4 is 0 Å². The van der Waals surface area contributed by atoms with Gasteiger partial charge in [0.15, 0.2) is 0 Å². The first-order valence-electron chi connectivity index (χ1n) is 8.25. The molecule has 118 valence electrons. The molecule has 0 saturated carbocycles. The predicted octanol–water partition coefficient (Wildman–Crippen LogP) is 0.458. The molecule has 3 N–H and O–H groups in total. The van der Waals surface area contributed by atoms with E-state index in [1.807, 2.05) is 0 Å². The Bertz CT molecular complexity index is 250. The topological polar surface area (TPSA) is 53.8 Å². The van der Waals surface area contributed by atoms with Gasteiger partial charge in [-0.2, -0.15) is 0 Å². The first-order chi connectivity index (χ1) is 9.74. The van der Waals surface area contributed by atoms with E-state index in [9.17, 15) is 0 Å². The fraction of sp³-hybridized carbons (Fsp3) is 1.00. The number of rotatable bonds is 7. The summed E-state index contributed by atoms with van der Waals surface area (Å²) in [5, 5.41) is 3.52. The summed E-state index contributed by atoms with van der Waals surface area (Å²) in [6.07, 6.45) is 5.83. The molecule has 2 unspecified atom stereocenters. The van der Waals surface area contributed by atoms with Gasteiger partial charge in [0.1, 0.15) is 6.23 Å². The molecular weight excluding hydrogens is 252 g/mol. The molecule has 0 spiro atoms. The van der Waals surface area contributed by atoms with Crippen LogP contribution in [0.15, 0.2) is 0 Å². The summed E-state index contributed by atoms with van der Waals surface area (Å²) in [6.45, 7) is 7.83. The highest BCUT2D eigenvalue weighted by molar-refractivity contribution is 4.74. The van der Waals surface area contributed by atoms with Crippen molar-refractivity contribution in [3.8, 4) is 0 Å². The number of hydrogen-bond acceptors (Lipinski definition) is 5. The van der Waals surface area contributed by atoms with Crippen LogP contribution in [0, 0.1) is 0 Å². The molecule has 5 nitrogen and oxygen atoms in total. The zero-order chi connectivity index (χ0) is 14.2. The van der Waals surface area contributed by atoms with E-state index >= 15 is 0 Å². The van der Waals surface area contributed by atoms with Crippen molar-refractivity contribution in [1.29, 1.82) is 0 Å². The molecule has 0 aromatic carbocycles. The summed E-state index contributed by atoms with van der Waals surface area (Å²) < 4.78 is 5.76. The second-order valence-corrected chi connectivity index (χ2v) is 6.29. The van der Waals surface area contributed by atoms with Crippen LogP contribution in [0.3, 0.4) is 0 Å². The van der Waals surface area contributed by atoms with Gasteiger partial charge in [-0.05, 0) is 32.9 Å². The molecular formula is C15H32N4O. The number of nitrogens with one attached hydrogen (secondary N) is 1. The molecule has 0 aliphatic carbocycles. The maximum Gasteiger partial charge on any atom is 0.107 e. The van der Waals surface area contributed by atoms with Crippen LogP contribution in [0.2, 0.25) is 0 Å². The van der Waals surface area contributed by atoms with Gasteiger partial charge in [0.25, 0.3) is 0 Å². The Morgan fingerprint density at radius 3 is 2.75 bits per heavy atom. The highest BCUT2D eigenvalue weighted by atomic mass is 16.5. The van der Waals surface area contributed by atoms with Gasteiger partial charge in [0.05, 0.1) is 0 Å². The van der Waals surface area contributed by atoms with E-state index in [1.165, 1.54) is 45.4 Å². The van der Waals surface area contributed by atoms with Gasteiger partial charge >= 0.3 is 0 Å². The fourth-order valence-corrected chi connectivity index (χ4v) is 3.07. The third-order valence-corrected chi connectivity index (χ3v) is 4.48. The van der Waals surface area contributed by atoms with Crippen LogP contribution in [0.25, 0.3) is 0 Å². The Labute approximate surface area is 123 Å². The van der Waals surface area contributed by atoms with E-state index in [4.69, 9.17) is 10.5 Å². The average Bonchev–Trinajstić information content (AvgIpc) is 2.46. The van der Waals surface area contributed by atoms with E-state index in [-0.39, 0.29) is 6.23 Å². The summed E-state index contributed by atoms with van der Waals surface area (Å²) in [5.41, 5.74) is 6.06. The zero-order valence-corrected chi connectivity index (χ0v) is 13.0. The van der Waals surface area contributed by atoms with Crippen molar-refractivity contribution in [2.24, 2.45) is 5.73 Å². The zero-order valence-electron chi connectivity index (χ0n) is 13.0. The van der Waals surface area contributed by atoms with Crippen molar-refractivity contribution in [3.63, 3.8) is 0 Å². The van der Waals surface area contributed by atoms with Gasteiger partial charge in [-0.1, -0.05) is 6.42 Å². The van der Waals surface area contributed by atoms with Crippen LogP contribution >= 0.6 is 0 Å². The Kier molecular flexibility index (Phi) is 7.24. The van der Waals surface area contributed by atoms with E-state index < -0.39 is 0 Å². The summed E-state index contributed by atoms with van der Waals surface area (Å²) in [4.78, 5) is 4.91. The third-order valence-electron chi connectivity index (χ3n) is 4.48. The molecule has 20 heavy (non-hydrogen) atoms. The van der Waals surface area contributed by atoms with Crippen LogP contribution in [-0.4, -0.2) is 75.0 Å². The number of piperazine rings is 1. The largest absolute Gasteiger partial charge is 0.363 e. The van der Waals surface area contributed by atoms with Crippen molar-refractivity contribution in [2.45, 2.75) is 44.4 Å². The maximum absolute atomic E-state index is 6.06. The minimum Gasteiger partial charge on any atom is -0.363 e. The van der Waals surface area contributed by atoms with Crippen LogP contribution in [0.5, 0.6) is 0 Å². The average molecular weight is 284 g/mol. The minimum absolute atomic E-state index is 0.0990. The first kappa shape index (κ1) is 16.2. The third kappa shape index (κ3) is 6.06. The smallest absolute Gasteiger partial charge is 0.107 e. The van der Waals surface area contributed by atoms with Crippen LogP contribution < -0.4 is 11.1 Å². The molecule has 2 heterocycles. The number of likely N-dealkylation sites (N-methyl/N-ethyl adjacent to an activating group) is 1. The van der Waals surface area contributed by atoms with Gasteiger partial charge < -0.3 is 25.6 Å². The van der Waals surface area contributed by atoms with Crippen molar-refractivity contribution in [1.82, 2.24) is 15.1 Å². The van der Waals surface area contributed by atoms with E-state index in [0.29, 0.717) is 6.04 Å². The quantitative estimate of drug-likeness (QED) is 0.525. The Balaban J connectivity index is 1.47. The van der Waals surface area contributed by atoms with Gasteiger partial charge in [-0.25, -0.2) is 0 Å². The van der Waals surface area contributed by atoms with Crippen molar-refractivity contribution < 1.29 is 4.74 Å². The van der Waals surface area contributed by atoms with Gasteiger partial charge in [0, 0.05) is 51.8 Å². The lowest BCUT2D eigenvalue weighted by Gasteiger charge is -2.32. The summed E-state index contributed by atoms with van der Waals surface area (Å²) in [6, 6.07) is 0.566. The number of nitrogens with zero attached hydrogens (tertiary/aromatic N) is 2. The molecule has 0 radical (unpaired) electrons. The molecule has 0 amide bonds. The SMILES string of the molecule is CN1CCN(CCCOC(N)CC2CCCCN2)CC1. The number of hydrogen-bond donors (Lipinski definition) is 2. The van der Waals surface area contributed by atoms with E-state index in [1.54, 1.807) is 0 Å². The lowest BCUT2D eigenvalue weighted by Crippen LogP contribution is -2.45. The Morgan fingerprint density at radius 2 is 2.05 bits per heavy atom. The predicted molar refractivity (Wildman–Crippen MR) is 82.7 cm³/mol. The molecule has 0 aromatic heterocycles. The number of ether oxygens (including phenoxy) is 1. The summed E-state index contributed by atoms with van der Waals surface area (Å²) in [7, 11) is 2.19. The Morgan fingerprint density at radius 1 is 1.25 bits per heavy atom. The lowest BCUT2D eigenvalue weighted by molar-refractivity contribution is 0.0344. The summed E-state index contributed by atoms with van der Waals surface area (Å²) >= 11 is 0. The molecule has 0 aromatic rings. The van der Waals surface area contributed by atoms with Gasteiger partial charge in [-0.15, -0.1) is 0 Å². The fourth-order valence-electron chi connectivity index (χ4n) is 3.07. The van der Waals surface area contributed by atoms with Gasteiger partial charge in [-0.3, -0.25) is 0 Å². The molecule has 0 bridgehead atoms. The van der Waals surface area contributed by atoms with Gasteiger partial charge in [0.2, 0.25) is 0 Å². The monoisotopic (exact) mass is 284 g/mol. The maximum atomic E-state index is 6.06. The van der Waals surface area contributed by atoms with Crippen LogP contribution in [0.4, 0.5) is 0 Å². The minimum atomic E-state index is -0.0990. The van der Waals surface area contributed by atoms with Crippen LogP contribution in [0.1, 0.15) is 32.1 Å². The molecule has 2 rings (SSSR count). The second-order valence-electron chi connectivity index (χ2n) is 6.29. The lowest BCUT2D eigenvalue weighted by atomic mass is 10.0. The highest BCUT2D eigenvalue weighted by Crippen LogP contribution is 2.11. The number of nitrogens with two attached hydrogens (primary N) is 1. The van der Waals surface area contributed by atoms with Crippen LogP contribution in [-0.2, 0) is 4.74 Å². The normalized spacial score (nSPS) is 27.6. The summed E-state index contributed by atoms with van der Waals surface area (Å²) in [5.74, 6) is 0. The Hall–Kier alpha value is -0.200. The molecule has 2 fully saturated rings.